The first kappa shape index (κ1) is 13.3. The Morgan fingerprint density at radius 3 is 3.05 bits per heavy atom. The van der Waals surface area contributed by atoms with Gasteiger partial charge in [0.2, 0.25) is 0 Å². The maximum absolute atomic E-state index is 5.83. The topological polar surface area (TPSA) is 52.0 Å². The molecule has 5 heteroatoms. The van der Waals surface area contributed by atoms with E-state index in [2.05, 4.69) is 17.3 Å². The number of benzene rings is 1. The Bertz CT molecular complexity index is 704. The lowest BCUT2D eigenvalue weighted by Gasteiger charge is -2.05. The summed E-state index contributed by atoms with van der Waals surface area (Å²) in [5.74, 6) is 1.66. The van der Waals surface area contributed by atoms with E-state index in [0.717, 1.165) is 27.9 Å². The molecule has 0 aliphatic heterocycles. The minimum Gasteiger partial charge on any atom is -0.462 e. The summed E-state index contributed by atoms with van der Waals surface area (Å²) in [6.07, 6.45) is 1.67. The molecule has 0 amide bonds. The highest BCUT2D eigenvalue weighted by Gasteiger charge is 2.08. The fraction of sp³-hybridized carbons (Fsp3) is 0.133. The summed E-state index contributed by atoms with van der Waals surface area (Å²) < 4.78 is 5.36. The zero-order chi connectivity index (χ0) is 13.9. The first-order valence-corrected chi connectivity index (χ1v) is 8.06. The van der Waals surface area contributed by atoms with Gasteiger partial charge in [0.1, 0.15) is 0 Å². The third-order valence-electron chi connectivity index (χ3n) is 2.87. The summed E-state index contributed by atoms with van der Waals surface area (Å²) in [5.41, 5.74) is 8.93. The highest BCUT2D eigenvalue weighted by atomic mass is 32.2. The average molecular weight is 302 g/mol. The fourth-order valence-electron chi connectivity index (χ4n) is 1.81. The van der Waals surface area contributed by atoms with Gasteiger partial charge in [0.15, 0.2) is 10.8 Å². The van der Waals surface area contributed by atoms with Gasteiger partial charge in [-0.05, 0) is 36.8 Å². The van der Waals surface area contributed by atoms with E-state index < -0.39 is 0 Å². The maximum Gasteiger partial charge on any atom is 0.162 e. The third-order valence-corrected chi connectivity index (χ3v) is 4.97. The third kappa shape index (κ3) is 2.89. The monoisotopic (exact) mass is 302 g/mol. The normalized spacial score (nSPS) is 10.8. The van der Waals surface area contributed by atoms with Gasteiger partial charge >= 0.3 is 0 Å². The molecule has 0 spiro atoms. The molecule has 0 unspecified atom stereocenters. The van der Waals surface area contributed by atoms with Crippen LogP contribution in [-0.2, 0) is 5.75 Å². The van der Waals surface area contributed by atoms with Crippen molar-refractivity contribution in [1.29, 1.82) is 0 Å². The van der Waals surface area contributed by atoms with Crippen LogP contribution in [0.2, 0.25) is 0 Å². The molecule has 0 saturated heterocycles. The highest BCUT2D eigenvalue weighted by molar-refractivity contribution is 7.98. The summed E-state index contributed by atoms with van der Waals surface area (Å²) in [7, 11) is 0. The zero-order valence-electron chi connectivity index (χ0n) is 11.0. The molecule has 0 bridgehead atoms. The quantitative estimate of drug-likeness (QED) is 0.566. The molecule has 3 rings (SSSR count). The number of nitrogens with zero attached hydrogens (tertiary/aromatic N) is 1. The molecule has 3 nitrogen and oxygen atoms in total. The van der Waals surface area contributed by atoms with Crippen LogP contribution in [0.5, 0.6) is 0 Å². The Hall–Kier alpha value is -1.72. The van der Waals surface area contributed by atoms with Gasteiger partial charge in [-0.1, -0.05) is 6.07 Å². The predicted molar refractivity (Wildman–Crippen MR) is 85.0 cm³/mol. The molecule has 2 N–H and O–H groups in total. The maximum atomic E-state index is 5.83. The number of anilines is 1. The van der Waals surface area contributed by atoms with Gasteiger partial charge in [-0.2, -0.15) is 0 Å². The minimum atomic E-state index is 0.799. The van der Waals surface area contributed by atoms with Crippen LogP contribution in [0.1, 0.15) is 11.3 Å². The molecule has 0 atom stereocenters. The largest absolute Gasteiger partial charge is 0.462 e. The van der Waals surface area contributed by atoms with Crippen LogP contribution in [0.4, 0.5) is 5.69 Å². The van der Waals surface area contributed by atoms with Gasteiger partial charge in [0.05, 0.1) is 12.0 Å². The van der Waals surface area contributed by atoms with Crippen LogP contribution in [0.3, 0.4) is 0 Å². The van der Waals surface area contributed by atoms with Crippen molar-refractivity contribution in [3.63, 3.8) is 0 Å². The van der Waals surface area contributed by atoms with Gasteiger partial charge < -0.3 is 10.2 Å². The summed E-state index contributed by atoms with van der Waals surface area (Å²) >= 11 is 3.37. The van der Waals surface area contributed by atoms with Crippen molar-refractivity contribution >= 4 is 28.8 Å². The number of nitrogens with two attached hydrogens (primary N) is 1. The van der Waals surface area contributed by atoms with Crippen molar-refractivity contribution in [1.82, 2.24) is 4.98 Å². The van der Waals surface area contributed by atoms with Gasteiger partial charge in [-0.25, -0.2) is 4.98 Å². The first-order valence-electron chi connectivity index (χ1n) is 6.19. The second-order valence-corrected chi connectivity index (χ2v) is 6.31. The van der Waals surface area contributed by atoms with E-state index in [9.17, 15) is 0 Å². The van der Waals surface area contributed by atoms with Crippen molar-refractivity contribution in [2.45, 2.75) is 17.6 Å². The molecule has 2 aromatic heterocycles. The summed E-state index contributed by atoms with van der Waals surface area (Å²) in [6, 6.07) is 9.79. The number of hydrogen-bond donors (Lipinski definition) is 1. The van der Waals surface area contributed by atoms with Crippen molar-refractivity contribution < 1.29 is 4.42 Å². The number of furan rings is 1. The van der Waals surface area contributed by atoms with E-state index >= 15 is 0 Å². The van der Waals surface area contributed by atoms with E-state index in [4.69, 9.17) is 10.2 Å². The molecule has 20 heavy (non-hydrogen) atoms. The van der Waals surface area contributed by atoms with E-state index in [1.807, 2.05) is 30.3 Å². The Balaban J connectivity index is 1.71. The van der Waals surface area contributed by atoms with Gasteiger partial charge in [0.25, 0.3) is 0 Å². The molecule has 1 aromatic carbocycles. The lowest BCUT2D eigenvalue weighted by atomic mass is 10.2. The Labute approximate surface area is 125 Å². The highest BCUT2D eigenvalue weighted by Crippen LogP contribution is 2.30. The molecule has 0 aliphatic carbocycles. The Kier molecular flexibility index (Phi) is 3.80. The molecule has 2 heterocycles. The summed E-state index contributed by atoms with van der Waals surface area (Å²) in [6.45, 7) is 2.09. The van der Waals surface area contributed by atoms with Crippen LogP contribution in [-0.4, -0.2) is 4.98 Å². The number of aromatic nitrogens is 1. The molecule has 0 saturated carbocycles. The van der Waals surface area contributed by atoms with Crippen LogP contribution < -0.4 is 5.73 Å². The molecule has 0 fully saturated rings. The van der Waals surface area contributed by atoms with Crippen molar-refractivity contribution in [3.8, 4) is 10.8 Å². The molecule has 0 aliphatic rings. The number of hydrogen-bond acceptors (Lipinski definition) is 5. The van der Waals surface area contributed by atoms with Crippen molar-refractivity contribution in [2.75, 3.05) is 5.73 Å². The lowest BCUT2D eigenvalue weighted by molar-refractivity contribution is 0.581. The molecule has 3 aromatic rings. The van der Waals surface area contributed by atoms with Gasteiger partial charge in [0, 0.05) is 21.7 Å². The van der Waals surface area contributed by atoms with E-state index in [0.29, 0.717) is 0 Å². The fourth-order valence-corrected chi connectivity index (χ4v) is 3.67. The molecule has 0 radical (unpaired) electrons. The smallest absolute Gasteiger partial charge is 0.162 e. The first-order chi connectivity index (χ1) is 9.72. The number of thiazole rings is 1. The van der Waals surface area contributed by atoms with Crippen LogP contribution in [0.25, 0.3) is 10.8 Å². The van der Waals surface area contributed by atoms with E-state index in [1.54, 1.807) is 29.4 Å². The molecular weight excluding hydrogens is 288 g/mol. The number of aryl methyl sites for hydroxylation is 1. The average Bonchev–Trinajstić information content (AvgIpc) is 3.09. The van der Waals surface area contributed by atoms with Crippen LogP contribution in [0.15, 0.2) is 51.3 Å². The zero-order valence-corrected chi connectivity index (χ0v) is 12.6. The van der Waals surface area contributed by atoms with Gasteiger partial charge in [-0.3, -0.25) is 0 Å². The summed E-state index contributed by atoms with van der Waals surface area (Å²) in [4.78, 5) is 5.80. The molecular formula is C15H14N2OS2. The predicted octanol–water partition coefficient (Wildman–Crippen LogP) is 4.59. The standard InChI is InChI=1S/C15H14N2OS2/c1-10-4-5-11(16)7-14(10)19-8-12-9-20-15(17-12)13-3-2-6-18-13/h2-7,9H,8,16H2,1H3. The Morgan fingerprint density at radius 2 is 2.25 bits per heavy atom. The second kappa shape index (κ2) is 5.73. The second-order valence-electron chi connectivity index (χ2n) is 4.43. The van der Waals surface area contributed by atoms with E-state index in [1.165, 1.54) is 10.5 Å². The minimum absolute atomic E-state index is 0.799. The SMILES string of the molecule is Cc1ccc(N)cc1SCc1csc(-c2ccco2)n1. The number of nitrogen functional groups attached to an aromatic ring is 1. The summed E-state index contributed by atoms with van der Waals surface area (Å²) in [5, 5.41) is 3.00. The number of rotatable bonds is 4. The van der Waals surface area contributed by atoms with Gasteiger partial charge in [-0.15, -0.1) is 23.1 Å². The van der Waals surface area contributed by atoms with Crippen molar-refractivity contribution in [3.05, 3.63) is 53.2 Å². The number of thioether (sulfide) groups is 1. The Morgan fingerprint density at radius 1 is 1.35 bits per heavy atom. The van der Waals surface area contributed by atoms with Crippen LogP contribution in [0, 0.1) is 6.92 Å². The van der Waals surface area contributed by atoms with E-state index in [-0.39, 0.29) is 0 Å². The lowest BCUT2D eigenvalue weighted by Crippen LogP contribution is -1.88. The van der Waals surface area contributed by atoms with Crippen LogP contribution >= 0.6 is 23.1 Å². The molecule has 102 valence electrons. The van der Waals surface area contributed by atoms with Crippen molar-refractivity contribution in [2.24, 2.45) is 0 Å².